The smallest absolute Gasteiger partial charge is 0.253 e. The Balaban J connectivity index is 1.88. The number of H-pyrrole nitrogens is 1. The van der Waals surface area contributed by atoms with E-state index in [1.807, 2.05) is 23.1 Å². The summed E-state index contributed by atoms with van der Waals surface area (Å²) in [6.07, 6.45) is 0.925. The number of fused-ring (bicyclic) bond motifs is 1. The molecule has 0 aliphatic rings. The fourth-order valence-corrected chi connectivity index (χ4v) is 3.46. The monoisotopic (exact) mass is 427 g/mol. The van der Waals surface area contributed by atoms with Crippen LogP contribution in [0.5, 0.6) is 0 Å². The first-order valence-electron chi connectivity index (χ1n) is 9.91. The van der Waals surface area contributed by atoms with Crippen molar-refractivity contribution < 1.29 is 9.13 Å². The van der Waals surface area contributed by atoms with Crippen LogP contribution in [0.2, 0.25) is 0 Å². The number of nitrogens with one attached hydrogen (secondary N) is 2. The number of ether oxygens (including phenoxy) is 1. The van der Waals surface area contributed by atoms with Crippen LogP contribution in [0.15, 0.2) is 53.3 Å². The van der Waals surface area contributed by atoms with Crippen molar-refractivity contribution in [2.45, 2.75) is 26.4 Å². The molecular weight excluding hydrogens is 401 g/mol. The number of aryl methyl sites for hydroxylation is 1. The topological polar surface area (TPSA) is 57.4 Å². The molecule has 0 fully saturated rings. The number of halogens is 1. The van der Waals surface area contributed by atoms with Gasteiger partial charge in [-0.3, -0.25) is 4.79 Å². The molecule has 0 spiro atoms. The maximum absolute atomic E-state index is 13.3. The zero-order valence-corrected chi connectivity index (χ0v) is 18.0. The van der Waals surface area contributed by atoms with Crippen molar-refractivity contribution in [3.05, 3.63) is 81.4 Å². The van der Waals surface area contributed by atoms with Crippen LogP contribution in [0, 0.1) is 5.82 Å². The van der Waals surface area contributed by atoms with Crippen LogP contribution in [0.1, 0.15) is 23.6 Å². The van der Waals surface area contributed by atoms with E-state index in [0.717, 1.165) is 22.9 Å². The van der Waals surface area contributed by atoms with E-state index in [1.54, 1.807) is 19.2 Å². The molecule has 0 radical (unpaired) electrons. The van der Waals surface area contributed by atoms with Crippen molar-refractivity contribution in [3.63, 3.8) is 0 Å². The van der Waals surface area contributed by atoms with Gasteiger partial charge in [-0.2, -0.15) is 0 Å². The van der Waals surface area contributed by atoms with Crippen molar-refractivity contribution in [2.24, 2.45) is 0 Å². The number of pyridine rings is 1. The number of rotatable bonds is 8. The van der Waals surface area contributed by atoms with Crippen LogP contribution < -0.4 is 10.9 Å². The molecule has 0 aliphatic carbocycles. The first-order valence-corrected chi connectivity index (χ1v) is 10.3. The second kappa shape index (κ2) is 10.3. The summed E-state index contributed by atoms with van der Waals surface area (Å²) in [5.74, 6) is -0.288. The molecule has 5 nitrogen and oxygen atoms in total. The lowest BCUT2D eigenvalue weighted by atomic mass is 10.1. The molecule has 0 unspecified atom stereocenters. The Morgan fingerprint density at radius 1 is 1.13 bits per heavy atom. The minimum atomic E-state index is -0.288. The van der Waals surface area contributed by atoms with Crippen molar-refractivity contribution in [1.29, 1.82) is 0 Å². The summed E-state index contributed by atoms with van der Waals surface area (Å²) in [6.45, 7) is 3.95. The third-order valence-electron chi connectivity index (χ3n) is 4.91. The van der Waals surface area contributed by atoms with Gasteiger partial charge in [-0.05, 0) is 65.5 Å². The summed E-state index contributed by atoms with van der Waals surface area (Å²) in [5.41, 5.74) is 3.40. The quantitative estimate of drug-likeness (QED) is 0.424. The van der Waals surface area contributed by atoms with Crippen molar-refractivity contribution in [1.82, 2.24) is 15.2 Å². The van der Waals surface area contributed by atoms with Crippen LogP contribution in [-0.4, -0.2) is 35.3 Å². The van der Waals surface area contributed by atoms with Gasteiger partial charge >= 0.3 is 0 Å². The number of nitrogens with zero attached hydrogens (tertiary/aromatic N) is 1. The van der Waals surface area contributed by atoms with Crippen LogP contribution >= 0.6 is 12.2 Å². The summed E-state index contributed by atoms with van der Waals surface area (Å²) in [4.78, 5) is 17.6. The van der Waals surface area contributed by atoms with Gasteiger partial charge in [0.05, 0.1) is 13.2 Å². The van der Waals surface area contributed by atoms with Gasteiger partial charge in [0, 0.05) is 31.3 Å². The highest BCUT2D eigenvalue weighted by Gasteiger charge is 2.14. The van der Waals surface area contributed by atoms with E-state index >= 15 is 0 Å². The normalized spacial score (nSPS) is 10.9. The number of methoxy groups -OCH3 is 1. The lowest BCUT2D eigenvalue weighted by molar-refractivity contribution is 0.202. The van der Waals surface area contributed by atoms with Gasteiger partial charge in [0.1, 0.15) is 5.82 Å². The average Bonchev–Trinajstić information content (AvgIpc) is 2.75. The third-order valence-corrected chi connectivity index (χ3v) is 5.31. The lowest BCUT2D eigenvalue weighted by Gasteiger charge is -2.26. The molecule has 3 rings (SSSR count). The molecule has 0 saturated carbocycles. The molecule has 2 aromatic carbocycles. The van der Waals surface area contributed by atoms with Crippen molar-refractivity contribution in [3.8, 4) is 0 Å². The summed E-state index contributed by atoms with van der Waals surface area (Å²) in [5, 5.41) is 4.66. The summed E-state index contributed by atoms with van der Waals surface area (Å²) in [6, 6.07) is 14.3. The van der Waals surface area contributed by atoms with Gasteiger partial charge in [-0.1, -0.05) is 25.1 Å². The van der Waals surface area contributed by atoms with Crippen LogP contribution in [0.4, 0.5) is 4.39 Å². The van der Waals surface area contributed by atoms with E-state index in [9.17, 15) is 9.18 Å². The van der Waals surface area contributed by atoms with E-state index in [2.05, 4.69) is 23.3 Å². The maximum atomic E-state index is 13.3. The molecule has 30 heavy (non-hydrogen) atoms. The van der Waals surface area contributed by atoms with Crippen LogP contribution in [-0.2, 0) is 24.2 Å². The minimum absolute atomic E-state index is 0.143. The molecule has 0 bridgehead atoms. The zero-order chi connectivity index (χ0) is 21.5. The standard InChI is InChI=1S/C23H26FN3O2S/c1-3-16-6-9-21-18(12-16)13-19(22(28)26-21)15-27(23(30)25-10-11-29-2)14-17-4-7-20(24)8-5-17/h4-9,12-13H,3,10-11,14-15H2,1-2H3,(H,25,30)(H,26,28). The van der Waals surface area contributed by atoms with Crippen LogP contribution in [0.3, 0.4) is 0 Å². The van der Waals surface area contributed by atoms with E-state index in [-0.39, 0.29) is 11.4 Å². The fraction of sp³-hybridized carbons (Fsp3) is 0.304. The second-order valence-electron chi connectivity index (χ2n) is 7.11. The highest BCUT2D eigenvalue weighted by Crippen LogP contribution is 2.16. The number of thiocarbonyl (C=S) groups is 1. The Labute approximate surface area is 180 Å². The Morgan fingerprint density at radius 2 is 1.87 bits per heavy atom. The molecule has 0 amide bonds. The maximum Gasteiger partial charge on any atom is 0.253 e. The Hall–Kier alpha value is -2.77. The SMILES string of the molecule is CCc1ccc2[nH]c(=O)c(CN(Cc3ccc(F)cc3)C(=S)NCCOC)cc2c1. The summed E-state index contributed by atoms with van der Waals surface area (Å²) < 4.78 is 18.4. The Bertz CT molecular complexity index is 1070. The second-order valence-corrected chi connectivity index (χ2v) is 7.49. The summed E-state index contributed by atoms with van der Waals surface area (Å²) >= 11 is 5.56. The van der Waals surface area contributed by atoms with E-state index in [1.165, 1.54) is 17.7 Å². The number of aromatic nitrogens is 1. The van der Waals surface area contributed by atoms with Gasteiger partial charge in [0.15, 0.2) is 5.11 Å². The Kier molecular flexibility index (Phi) is 7.54. The first-order chi connectivity index (χ1) is 14.5. The number of aromatic amines is 1. The number of hydrogen-bond donors (Lipinski definition) is 2. The highest BCUT2D eigenvalue weighted by molar-refractivity contribution is 7.80. The van der Waals surface area contributed by atoms with Crippen molar-refractivity contribution >= 4 is 28.2 Å². The van der Waals surface area contributed by atoms with Gasteiger partial charge < -0.3 is 19.9 Å². The molecule has 1 heterocycles. The predicted molar refractivity (Wildman–Crippen MR) is 122 cm³/mol. The highest BCUT2D eigenvalue weighted by atomic mass is 32.1. The fourth-order valence-electron chi connectivity index (χ4n) is 3.23. The summed E-state index contributed by atoms with van der Waals surface area (Å²) in [7, 11) is 1.63. The lowest BCUT2D eigenvalue weighted by Crippen LogP contribution is -2.41. The largest absolute Gasteiger partial charge is 0.383 e. The predicted octanol–water partition coefficient (Wildman–Crippen LogP) is 3.75. The van der Waals surface area contributed by atoms with E-state index in [4.69, 9.17) is 17.0 Å². The van der Waals surface area contributed by atoms with Crippen LogP contribution in [0.25, 0.3) is 10.9 Å². The Morgan fingerprint density at radius 3 is 2.57 bits per heavy atom. The van der Waals surface area contributed by atoms with Crippen molar-refractivity contribution in [2.75, 3.05) is 20.3 Å². The minimum Gasteiger partial charge on any atom is -0.383 e. The van der Waals surface area contributed by atoms with Gasteiger partial charge in [0.2, 0.25) is 0 Å². The molecule has 0 aliphatic heterocycles. The molecule has 158 valence electrons. The van der Waals surface area contributed by atoms with Gasteiger partial charge in [-0.25, -0.2) is 4.39 Å². The zero-order valence-electron chi connectivity index (χ0n) is 17.2. The third kappa shape index (κ3) is 5.64. The molecule has 2 N–H and O–H groups in total. The average molecular weight is 428 g/mol. The van der Waals surface area contributed by atoms with Gasteiger partial charge in [0.25, 0.3) is 5.56 Å². The first kappa shape index (κ1) is 21.9. The molecule has 0 atom stereocenters. The molecular formula is C23H26FN3O2S. The number of hydrogen-bond acceptors (Lipinski definition) is 3. The van der Waals surface area contributed by atoms with Gasteiger partial charge in [-0.15, -0.1) is 0 Å². The number of benzene rings is 2. The van der Waals surface area contributed by atoms with E-state index < -0.39 is 0 Å². The molecule has 3 aromatic rings. The van der Waals surface area contributed by atoms with E-state index in [0.29, 0.717) is 36.9 Å². The molecule has 1 aromatic heterocycles. The molecule has 0 saturated heterocycles. The molecule has 7 heteroatoms.